The molecule has 5 rings (SSSR count). The highest BCUT2D eigenvalue weighted by Crippen LogP contribution is 2.41. The van der Waals surface area contributed by atoms with Gasteiger partial charge >= 0.3 is 0 Å². The molecule has 3 heterocycles. The number of nitrogens with zero attached hydrogens (tertiary/aromatic N) is 2. The molecule has 0 radical (unpaired) electrons. The number of hydrogen-bond acceptors (Lipinski definition) is 7. The topological polar surface area (TPSA) is 88.5 Å². The molecular weight excluding hydrogens is 516 g/mol. The van der Waals surface area contributed by atoms with Crippen LogP contribution in [0.1, 0.15) is 23.6 Å². The number of ketones is 1. The van der Waals surface area contributed by atoms with Gasteiger partial charge in [-0.25, -0.2) is 0 Å². The molecule has 3 aliphatic rings. The van der Waals surface area contributed by atoms with E-state index in [2.05, 4.69) is 20.8 Å². The molecular formula is C26H27BrN2O6. The summed E-state index contributed by atoms with van der Waals surface area (Å²) >= 11 is 3.49. The Morgan fingerprint density at radius 1 is 0.971 bits per heavy atom. The van der Waals surface area contributed by atoms with E-state index in [4.69, 9.17) is 14.2 Å². The van der Waals surface area contributed by atoms with Gasteiger partial charge in [-0.3, -0.25) is 14.5 Å². The summed E-state index contributed by atoms with van der Waals surface area (Å²) < 4.78 is 17.4. The molecule has 184 valence electrons. The van der Waals surface area contributed by atoms with Crippen LogP contribution in [0.3, 0.4) is 0 Å². The third kappa shape index (κ3) is 4.94. The second-order valence-corrected chi connectivity index (χ2v) is 9.63. The standard InChI is InChI=1S/C26H27BrN2O6/c27-19-4-1-3-17(15-19)23-22(24(30)18-5-6-20-21(16-18)35-14-13-34-20)25(31)26(32)29(23)8-2-7-28-9-11-33-12-10-28/h1,3-6,15-16,23,30H,2,7-14H2/t23-/m1/s1. The summed E-state index contributed by atoms with van der Waals surface area (Å²) in [5.41, 5.74) is 1.24. The Labute approximate surface area is 212 Å². The van der Waals surface area contributed by atoms with E-state index in [0.29, 0.717) is 56.5 Å². The average Bonchev–Trinajstić information content (AvgIpc) is 3.13. The van der Waals surface area contributed by atoms with Crippen molar-refractivity contribution in [1.82, 2.24) is 9.80 Å². The van der Waals surface area contributed by atoms with Crippen molar-refractivity contribution < 1.29 is 28.9 Å². The number of carbonyl (C=O) groups is 2. The van der Waals surface area contributed by atoms with Crippen LogP contribution in [0.4, 0.5) is 0 Å². The molecule has 35 heavy (non-hydrogen) atoms. The highest BCUT2D eigenvalue weighted by molar-refractivity contribution is 9.10. The molecule has 2 aromatic rings. The van der Waals surface area contributed by atoms with Crippen LogP contribution in [-0.2, 0) is 14.3 Å². The quantitative estimate of drug-likeness (QED) is 0.340. The maximum atomic E-state index is 13.2. The smallest absolute Gasteiger partial charge is 0.295 e. The van der Waals surface area contributed by atoms with Crippen molar-refractivity contribution in [2.24, 2.45) is 0 Å². The third-order valence-electron chi connectivity index (χ3n) is 6.50. The molecule has 0 saturated carbocycles. The molecule has 2 saturated heterocycles. The van der Waals surface area contributed by atoms with E-state index < -0.39 is 17.7 Å². The Morgan fingerprint density at radius 3 is 2.51 bits per heavy atom. The molecule has 0 bridgehead atoms. The maximum Gasteiger partial charge on any atom is 0.295 e. The minimum atomic E-state index is -0.689. The van der Waals surface area contributed by atoms with E-state index in [1.165, 1.54) is 0 Å². The van der Waals surface area contributed by atoms with Crippen LogP contribution in [0.5, 0.6) is 11.5 Å². The molecule has 3 aliphatic heterocycles. The lowest BCUT2D eigenvalue weighted by Crippen LogP contribution is -2.38. The molecule has 0 unspecified atom stereocenters. The summed E-state index contributed by atoms with van der Waals surface area (Å²) in [5, 5.41) is 11.3. The number of carbonyl (C=O) groups excluding carboxylic acids is 2. The molecule has 1 N–H and O–H groups in total. The first-order valence-electron chi connectivity index (χ1n) is 11.8. The molecule has 2 fully saturated rings. The van der Waals surface area contributed by atoms with Crippen molar-refractivity contribution in [3.63, 3.8) is 0 Å². The SMILES string of the molecule is O=C1C(=O)N(CCCN2CCOCC2)[C@H](c2cccc(Br)c2)C1=C(O)c1ccc2c(c1)OCCO2. The van der Waals surface area contributed by atoms with Crippen molar-refractivity contribution in [2.45, 2.75) is 12.5 Å². The molecule has 1 amide bonds. The number of fused-ring (bicyclic) bond motifs is 1. The molecule has 0 spiro atoms. The predicted molar refractivity (Wildman–Crippen MR) is 132 cm³/mol. The summed E-state index contributed by atoms with van der Waals surface area (Å²) in [4.78, 5) is 30.3. The summed E-state index contributed by atoms with van der Waals surface area (Å²) in [6.45, 7) is 5.20. The van der Waals surface area contributed by atoms with E-state index in [1.54, 1.807) is 23.1 Å². The highest BCUT2D eigenvalue weighted by atomic mass is 79.9. The van der Waals surface area contributed by atoms with Crippen LogP contribution >= 0.6 is 15.9 Å². The summed E-state index contributed by atoms with van der Waals surface area (Å²) in [6, 6.07) is 11.8. The average molecular weight is 543 g/mol. The van der Waals surface area contributed by atoms with Gasteiger partial charge in [0, 0.05) is 36.2 Å². The summed E-state index contributed by atoms with van der Waals surface area (Å²) in [7, 11) is 0. The Bertz CT molecular complexity index is 1160. The third-order valence-corrected chi connectivity index (χ3v) is 6.99. The maximum absolute atomic E-state index is 13.2. The molecule has 0 aromatic heterocycles. The summed E-state index contributed by atoms with van der Waals surface area (Å²) in [6.07, 6.45) is 0.710. The number of halogens is 1. The van der Waals surface area contributed by atoms with E-state index in [-0.39, 0.29) is 11.3 Å². The van der Waals surface area contributed by atoms with Gasteiger partial charge in [0.2, 0.25) is 0 Å². The molecule has 8 nitrogen and oxygen atoms in total. The van der Waals surface area contributed by atoms with Crippen molar-refractivity contribution in [3.8, 4) is 11.5 Å². The fourth-order valence-electron chi connectivity index (χ4n) is 4.77. The van der Waals surface area contributed by atoms with Gasteiger partial charge < -0.3 is 24.2 Å². The number of morpholine rings is 1. The second kappa shape index (κ2) is 10.4. The minimum Gasteiger partial charge on any atom is -0.507 e. The van der Waals surface area contributed by atoms with Crippen molar-refractivity contribution >= 4 is 33.4 Å². The van der Waals surface area contributed by atoms with Gasteiger partial charge in [0.25, 0.3) is 11.7 Å². The van der Waals surface area contributed by atoms with E-state index >= 15 is 0 Å². The van der Waals surface area contributed by atoms with Crippen molar-refractivity contribution in [2.75, 3.05) is 52.6 Å². The van der Waals surface area contributed by atoms with Gasteiger partial charge in [0.05, 0.1) is 24.8 Å². The van der Waals surface area contributed by atoms with Crippen LogP contribution in [0.2, 0.25) is 0 Å². The van der Waals surface area contributed by atoms with Gasteiger partial charge in [-0.2, -0.15) is 0 Å². The van der Waals surface area contributed by atoms with E-state index in [9.17, 15) is 14.7 Å². The first-order valence-corrected chi connectivity index (χ1v) is 12.6. The van der Waals surface area contributed by atoms with Crippen LogP contribution in [-0.4, -0.2) is 79.2 Å². The predicted octanol–water partition coefficient (Wildman–Crippen LogP) is 3.36. The number of likely N-dealkylation sites (tertiary alicyclic amines) is 1. The first kappa shape index (κ1) is 23.8. The number of aliphatic hydroxyl groups is 1. The lowest BCUT2D eigenvalue weighted by Gasteiger charge is -2.29. The lowest BCUT2D eigenvalue weighted by molar-refractivity contribution is -0.140. The first-order chi connectivity index (χ1) is 17.0. The fraction of sp³-hybridized carbons (Fsp3) is 0.385. The monoisotopic (exact) mass is 542 g/mol. The van der Waals surface area contributed by atoms with E-state index in [1.807, 2.05) is 24.3 Å². The number of amides is 1. The van der Waals surface area contributed by atoms with Crippen LogP contribution in [0.25, 0.3) is 5.76 Å². The Morgan fingerprint density at radius 2 is 1.74 bits per heavy atom. The van der Waals surface area contributed by atoms with E-state index in [0.717, 1.165) is 29.7 Å². The fourth-order valence-corrected chi connectivity index (χ4v) is 5.19. The van der Waals surface area contributed by atoms with Crippen LogP contribution in [0.15, 0.2) is 52.5 Å². The Balaban J connectivity index is 1.48. The number of ether oxygens (including phenoxy) is 3. The van der Waals surface area contributed by atoms with Gasteiger partial charge in [-0.05, 0) is 42.3 Å². The number of benzene rings is 2. The van der Waals surface area contributed by atoms with Gasteiger partial charge in [-0.15, -0.1) is 0 Å². The van der Waals surface area contributed by atoms with Gasteiger partial charge in [0.1, 0.15) is 19.0 Å². The minimum absolute atomic E-state index is 0.0798. The number of Topliss-reactive ketones (excluding diaryl/α,β-unsaturated/α-hetero) is 1. The molecule has 9 heteroatoms. The number of rotatable bonds is 6. The zero-order chi connectivity index (χ0) is 24.4. The Hall–Kier alpha value is -2.88. The molecule has 1 atom stereocenters. The summed E-state index contributed by atoms with van der Waals surface area (Å²) in [5.74, 6) is -0.426. The Kier molecular flexibility index (Phi) is 7.08. The zero-order valence-electron chi connectivity index (χ0n) is 19.2. The number of aliphatic hydroxyl groups excluding tert-OH is 1. The lowest BCUT2D eigenvalue weighted by atomic mass is 9.95. The zero-order valence-corrected chi connectivity index (χ0v) is 20.8. The normalized spacial score (nSPS) is 22.0. The molecule has 2 aromatic carbocycles. The van der Waals surface area contributed by atoms with Crippen molar-refractivity contribution in [3.05, 3.63) is 63.6 Å². The second-order valence-electron chi connectivity index (χ2n) is 8.71. The largest absolute Gasteiger partial charge is 0.507 e. The number of hydrogen-bond donors (Lipinski definition) is 1. The van der Waals surface area contributed by atoms with Crippen LogP contribution in [0, 0.1) is 0 Å². The highest BCUT2D eigenvalue weighted by Gasteiger charge is 2.46. The van der Waals surface area contributed by atoms with Crippen molar-refractivity contribution in [1.29, 1.82) is 0 Å². The van der Waals surface area contributed by atoms with Gasteiger partial charge in [0.15, 0.2) is 11.5 Å². The van der Waals surface area contributed by atoms with Crippen LogP contribution < -0.4 is 9.47 Å². The molecule has 0 aliphatic carbocycles. The van der Waals surface area contributed by atoms with Gasteiger partial charge in [-0.1, -0.05) is 28.1 Å².